The lowest BCUT2D eigenvalue weighted by Gasteiger charge is -2.33. The highest BCUT2D eigenvalue weighted by molar-refractivity contribution is 7.99. The Balaban J connectivity index is 1.92. The summed E-state index contributed by atoms with van der Waals surface area (Å²) < 4.78 is 0. The number of fused-ring (bicyclic) bond motifs is 3. The molecule has 23 heavy (non-hydrogen) atoms. The van der Waals surface area contributed by atoms with E-state index in [1.54, 1.807) is 11.8 Å². The molecule has 1 atom stereocenters. The number of hydrogen-bond donors (Lipinski definition) is 1. The van der Waals surface area contributed by atoms with Crippen molar-refractivity contribution < 1.29 is 0 Å². The van der Waals surface area contributed by atoms with Crippen LogP contribution in [0.1, 0.15) is 57.4 Å². The van der Waals surface area contributed by atoms with Crippen LogP contribution in [0.25, 0.3) is 10.2 Å². The molecule has 0 unspecified atom stereocenters. The van der Waals surface area contributed by atoms with Crippen LogP contribution < -0.4 is 5.73 Å². The van der Waals surface area contributed by atoms with Crippen LogP contribution in [0.2, 0.25) is 0 Å². The highest BCUT2D eigenvalue weighted by Gasteiger charge is 2.31. The molecule has 3 rings (SSSR count). The number of thioether (sulfide) groups is 1. The second kappa shape index (κ2) is 6.60. The van der Waals surface area contributed by atoms with Crippen LogP contribution in [0, 0.1) is 11.3 Å². The van der Waals surface area contributed by atoms with Gasteiger partial charge in [-0.2, -0.15) is 0 Å². The van der Waals surface area contributed by atoms with Gasteiger partial charge in [-0.1, -0.05) is 45.9 Å². The number of thiophene rings is 1. The van der Waals surface area contributed by atoms with Gasteiger partial charge in [0.05, 0.1) is 5.39 Å². The van der Waals surface area contributed by atoms with Crippen LogP contribution >= 0.6 is 23.1 Å². The second-order valence-electron chi connectivity index (χ2n) is 7.58. The van der Waals surface area contributed by atoms with Gasteiger partial charge in [-0.05, 0) is 42.6 Å². The van der Waals surface area contributed by atoms with Crippen molar-refractivity contribution in [1.29, 1.82) is 0 Å². The number of hydrogen-bond acceptors (Lipinski definition) is 5. The Morgan fingerprint density at radius 2 is 2.09 bits per heavy atom. The predicted molar refractivity (Wildman–Crippen MR) is 102 cm³/mol. The Labute approximate surface area is 147 Å². The molecule has 0 amide bonds. The summed E-state index contributed by atoms with van der Waals surface area (Å²) in [5, 5.41) is 1.98. The lowest BCUT2D eigenvalue weighted by atomic mass is 9.72. The number of anilines is 1. The highest BCUT2D eigenvalue weighted by Crippen LogP contribution is 2.44. The normalized spacial score (nSPS) is 18.3. The first-order valence-corrected chi connectivity index (χ1v) is 10.4. The van der Waals surface area contributed by atoms with E-state index in [1.165, 1.54) is 29.7 Å². The average Bonchev–Trinajstić information content (AvgIpc) is 2.84. The fourth-order valence-corrected chi connectivity index (χ4v) is 5.60. The van der Waals surface area contributed by atoms with E-state index in [1.807, 2.05) is 11.3 Å². The minimum atomic E-state index is 0.367. The van der Waals surface area contributed by atoms with Crippen molar-refractivity contribution in [3.05, 3.63) is 10.4 Å². The molecule has 2 aromatic heterocycles. The largest absolute Gasteiger partial charge is 0.383 e. The molecule has 0 aromatic carbocycles. The Morgan fingerprint density at radius 3 is 2.78 bits per heavy atom. The van der Waals surface area contributed by atoms with Crippen LogP contribution in [0.3, 0.4) is 0 Å². The first-order valence-electron chi connectivity index (χ1n) is 8.60. The number of unbranched alkanes of at least 4 members (excludes halogenated alkanes) is 1. The highest BCUT2D eigenvalue weighted by atomic mass is 32.2. The molecule has 2 aromatic rings. The number of nitrogen functional groups attached to an aromatic ring is 1. The summed E-state index contributed by atoms with van der Waals surface area (Å²) in [5.41, 5.74) is 8.08. The zero-order valence-electron chi connectivity index (χ0n) is 14.6. The molecule has 0 fully saturated rings. The number of nitrogens with two attached hydrogens (primary N) is 1. The van der Waals surface area contributed by atoms with Gasteiger partial charge in [0.1, 0.15) is 10.6 Å². The summed E-state index contributed by atoms with van der Waals surface area (Å²) >= 11 is 3.57. The van der Waals surface area contributed by atoms with Gasteiger partial charge in [0.15, 0.2) is 5.16 Å². The van der Waals surface area contributed by atoms with Crippen molar-refractivity contribution in [2.24, 2.45) is 11.3 Å². The topological polar surface area (TPSA) is 51.8 Å². The summed E-state index contributed by atoms with van der Waals surface area (Å²) in [5.74, 6) is 2.50. The molecule has 1 aliphatic rings. The standard InChI is InChI=1S/C18H27N3S2/c1-5-6-9-22-17-20-15(19)14-12-8-7-11(18(2,3)4)10-13(12)23-16(14)21-17/h11H,5-10H2,1-4H3,(H2,19,20,21)/t11-/m1/s1. The smallest absolute Gasteiger partial charge is 0.190 e. The van der Waals surface area contributed by atoms with Crippen LogP contribution in [0.4, 0.5) is 5.82 Å². The molecule has 0 aliphatic heterocycles. The Morgan fingerprint density at radius 1 is 1.30 bits per heavy atom. The van der Waals surface area contributed by atoms with E-state index in [-0.39, 0.29) is 0 Å². The minimum absolute atomic E-state index is 0.367. The number of rotatable bonds is 4. The Bertz CT molecular complexity index is 700. The molecule has 1 aliphatic carbocycles. The van der Waals surface area contributed by atoms with E-state index in [9.17, 15) is 0 Å². The van der Waals surface area contributed by atoms with Crippen molar-refractivity contribution >= 4 is 39.1 Å². The van der Waals surface area contributed by atoms with Crippen molar-refractivity contribution in [3.63, 3.8) is 0 Å². The lowest BCUT2D eigenvalue weighted by Crippen LogP contribution is -2.26. The molecule has 0 bridgehead atoms. The Kier molecular flexibility index (Phi) is 4.88. The maximum absolute atomic E-state index is 6.29. The third-order valence-corrected chi connectivity index (χ3v) is 6.95. The average molecular weight is 350 g/mol. The summed E-state index contributed by atoms with van der Waals surface area (Å²) in [6, 6.07) is 0. The van der Waals surface area contributed by atoms with Gasteiger partial charge in [0, 0.05) is 10.6 Å². The SMILES string of the molecule is CCCCSc1nc(N)c2c3c(sc2n1)C[C@H](C(C)(C)C)CC3. The fourth-order valence-electron chi connectivity index (χ4n) is 3.30. The van der Waals surface area contributed by atoms with Crippen molar-refractivity contribution in [1.82, 2.24) is 9.97 Å². The van der Waals surface area contributed by atoms with Gasteiger partial charge in [0.25, 0.3) is 0 Å². The molecule has 3 nitrogen and oxygen atoms in total. The van der Waals surface area contributed by atoms with Crippen LogP contribution in [0.15, 0.2) is 5.16 Å². The zero-order chi connectivity index (χ0) is 16.6. The van der Waals surface area contributed by atoms with Crippen molar-refractivity contribution in [3.8, 4) is 0 Å². The van der Waals surface area contributed by atoms with Gasteiger partial charge in [-0.3, -0.25) is 0 Å². The molecular formula is C18H27N3S2. The van der Waals surface area contributed by atoms with E-state index in [0.717, 1.165) is 39.9 Å². The molecule has 126 valence electrons. The quantitative estimate of drug-likeness (QED) is 0.461. The molecule has 0 spiro atoms. The lowest BCUT2D eigenvalue weighted by molar-refractivity contribution is 0.218. The van der Waals surface area contributed by atoms with E-state index >= 15 is 0 Å². The van der Waals surface area contributed by atoms with Crippen molar-refractivity contribution in [2.75, 3.05) is 11.5 Å². The first-order chi connectivity index (χ1) is 10.9. The minimum Gasteiger partial charge on any atom is -0.383 e. The number of aryl methyl sites for hydroxylation is 1. The van der Waals surface area contributed by atoms with Gasteiger partial charge >= 0.3 is 0 Å². The monoisotopic (exact) mass is 349 g/mol. The van der Waals surface area contributed by atoms with Crippen molar-refractivity contribution in [2.45, 2.75) is 65.0 Å². The van der Waals surface area contributed by atoms with Crippen LogP contribution in [0.5, 0.6) is 0 Å². The fraction of sp³-hybridized carbons (Fsp3) is 0.667. The molecule has 2 N–H and O–H groups in total. The molecule has 0 radical (unpaired) electrons. The van der Waals surface area contributed by atoms with Gasteiger partial charge in [0.2, 0.25) is 0 Å². The summed E-state index contributed by atoms with van der Waals surface area (Å²) in [6.07, 6.45) is 5.92. The van der Waals surface area contributed by atoms with Gasteiger partial charge in [-0.15, -0.1) is 11.3 Å². The summed E-state index contributed by atoms with van der Waals surface area (Å²) in [7, 11) is 0. The second-order valence-corrected chi connectivity index (χ2v) is 9.73. The molecule has 2 heterocycles. The molecule has 0 saturated carbocycles. The summed E-state index contributed by atoms with van der Waals surface area (Å²) in [6.45, 7) is 9.27. The van der Waals surface area contributed by atoms with E-state index in [2.05, 4.69) is 32.7 Å². The maximum Gasteiger partial charge on any atom is 0.190 e. The van der Waals surface area contributed by atoms with E-state index in [0.29, 0.717) is 11.2 Å². The number of nitrogens with zero attached hydrogens (tertiary/aromatic N) is 2. The van der Waals surface area contributed by atoms with E-state index in [4.69, 9.17) is 10.7 Å². The molecule has 0 saturated heterocycles. The maximum atomic E-state index is 6.29. The first kappa shape index (κ1) is 17.0. The van der Waals surface area contributed by atoms with Crippen LogP contribution in [-0.4, -0.2) is 15.7 Å². The predicted octanol–water partition coefficient (Wildman–Crippen LogP) is 5.32. The van der Waals surface area contributed by atoms with Gasteiger partial charge < -0.3 is 5.73 Å². The zero-order valence-corrected chi connectivity index (χ0v) is 16.2. The third-order valence-electron chi connectivity index (χ3n) is 4.87. The Hall–Kier alpha value is -0.810. The number of aromatic nitrogens is 2. The van der Waals surface area contributed by atoms with Crippen LogP contribution in [-0.2, 0) is 12.8 Å². The van der Waals surface area contributed by atoms with Gasteiger partial charge in [-0.25, -0.2) is 9.97 Å². The molecular weight excluding hydrogens is 322 g/mol. The summed E-state index contributed by atoms with van der Waals surface area (Å²) in [4.78, 5) is 11.9. The third kappa shape index (κ3) is 3.50. The molecule has 5 heteroatoms. The van der Waals surface area contributed by atoms with E-state index < -0.39 is 0 Å².